The average molecular weight is 395 g/mol. The Morgan fingerprint density at radius 1 is 1.00 bits per heavy atom. The standard InChI is InChI=1S/C17H11BrN6O/c18-12-3-1-10-8-22-16(19)15(13(10)7-12)24-23-14-4-2-11(9-21-14)17-20-5-6-25-17/h1-9H,(H2,19,22). The molecule has 0 atom stereocenters. The van der Waals surface area contributed by atoms with Crippen molar-refractivity contribution in [3.8, 4) is 11.5 Å². The molecule has 8 heteroatoms. The number of nitrogens with zero attached hydrogens (tertiary/aromatic N) is 5. The molecule has 7 nitrogen and oxygen atoms in total. The van der Waals surface area contributed by atoms with E-state index in [0.29, 0.717) is 23.2 Å². The number of hydrogen-bond acceptors (Lipinski definition) is 7. The fraction of sp³-hybridized carbons (Fsp3) is 0. The zero-order chi connectivity index (χ0) is 17.2. The van der Waals surface area contributed by atoms with Crippen LogP contribution >= 0.6 is 15.9 Å². The van der Waals surface area contributed by atoms with Crippen LogP contribution in [0.2, 0.25) is 0 Å². The Bertz CT molecular complexity index is 1060. The number of rotatable bonds is 3. The lowest BCUT2D eigenvalue weighted by atomic mass is 10.1. The van der Waals surface area contributed by atoms with Gasteiger partial charge in [0.2, 0.25) is 5.89 Å². The maximum absolute atomic E-state index is 5.97. The van der Waals surface area contributed by atoms with E-state index in [4.69, 9.17) is 10.2 Å². The number of oxazole rings is 1. The molecule has 1 aromatic carbocycles. The molecule has 3 heterocycles. The van der Waals surface area contributed by atoms with Crippen molar-refractivity contribution in [1.82, 2.24) is 15.0 Å². The Morgan fingerprint density at radius 3 is 2.68 bits per heavy atom. The summed E-state index contributed by atoms with van der Waals surface area (Å²) in [6.07, 6.45) is 6.43. The molecular weight excluding hydrogens is 384 g/mol. The summed E-state index contributed by atoms with van der Waals surface area (Å²) in [7, 11) is 0. The average Bonchev–Trinajstić information content (AvgIpc) is 3.16. The quantitative estimate of drug-likeness (QED) is 0.489. The molecule has 0 bridgehead atoms. The van der Waals surface area contributed by atoms with Crippen molar-refractivity contribution in [3.63, 3.8) is 0 Å². The van der Waals surface area contributed by atoms with Crippen LogP contribution in [0.15, 0.2) is 74.3 Å². The summed E-state index contributed by atoms with van der Waals surface area (Å²) in [5, 5.41) is 10.2. The lowest BCUT2D eigenvalue weighted by Crippen LogP contribution is -1.90. The second-order valence-electron chi connectivity index (χ2n) is 5.17. The van der Waals surface area contributed by atoms with Crippen LogP contribution in [0.3, 0.4) is 0 Å². The number of nitrogens with two attached hydrogens (primary N) is 1. The van der Waals surface area contributed by atoms with Gasteiger partial charge in [0, 0.05) is 27.6 Å². The highest BCUT2D eigenvalue weighted by Gasteiger charge is 2.08. The normalized spacial score (nSPS) is 11.4. The molecular formula is C17H11BrN6O. The zero-order valence-electron chi connectivity index (χ0n) is 12.8. The largest absolute Gasteiger partial charge is 0.444 e. The van der Waals surface area contributed by atoms with Gasteiger partial charge < -0.3 is 10.2 Å². The first-order chi connectivity index (χ1) is 12.2. The maximum atomic E-state index is 5.97. The minimum atomic E-state index is 0.311. The van der Waals surface area contributed by atoms with Crippen LogP contribution in [-0.2, 0) is 0 Å². The number of anilines is 1. The van der Waals surface area contributed by atoms with Gasteiger partial charge in [-0.3, -0.25) is 0 Å². The number of pyridine rings is 2. The molecule has 25 heavy (non-hydrogen) atoms. The molecule has 2 N–H and O–H groups in total. The van der Waals surface area contributed by atoms with Crippen LogP contribution in [0.25, 0.3) is 22.2 Å². The highest BCUT2D eigenvalue weighted by molar-refractivity contribution is 9.10. The zero-order valence-corrected chi connectivity index (χ0v) is 14.4. The molecule has 4 aromatic rings. The van der Waals surface area contributed by atoms with Crippen molar-refractivity contribution in [2.75, 3.05) is 5.73 Å². The molecule has 0 fully saturated rings. The van der Waals surface area contributed by atoms with Gasteiger partial charge in [0.1, 0.15) is 12.0 Å². The fourth-order valence-electron chi connectivity index (χ4n) is 2.33. The minimum absolute atomic E-state index is 0.311. The third-order valence-corrected chi connectivity index (χ3v) is 4.03. The van der Waals surface area contributed by atoms with Crippen molar-refractivity contribution < 1.29 is 4.42 Å². The molecule has 0 aliphatic rings. The van der Waals surface area contributed by atoms with Gasteiger partial charge in [0.25, 0.3) is 0 Å². The highest BCUT2D eigenvalue weighted by atomic mass is 79.9. The molecule has 0 spiro atoms. The Balaban J connectivity index is 1.69. The van der Waals surface area contributed by atoms with Gasteiger partial charge >= 0.3 is 0 Å². The number of halogens is 1. The van der Waals surface area contributed by atoms with Crippen LogP contribution in [-0.4, -0.2) is 15.0 Å². The van der Waals surface area contributed by atoms with Gasteiger partial charge in [-0.2, -0.15) is 0 Å². The summed E-state index contributed by atoms with van der Waals surface area (Å²) >= 11 is 3.45. The number of nitrogen functional groups attached to an aromatic ring is 1. The number of fused-ring (bicyclic) bond motifs is 1. The van der Waals surface area contributed by atoms with Crippen LogP contribution in [0.4, 0.5) is 17.3 Å². The first-order valence-electron chi connectivity index (χ1n) is 7.32. The summed E-state index contributed by atoms with van der Waals surface area (Å²) in [6, 6.07) is 9.35. The molecule has 3 aromatic heterocycles. The topological polar surface area (TPSA) is 103 Å². The van der Waals surface area contributed by atoms with E-state index in [0.717, 1.165) is 20.8 Å². The Kier molecular flexibility index (Phi) is 3.95. The van der Waals surface area contributed by atoms with E-state index < -0.39 is 0 Å². The molecule has 122 valence electrons. The number of hydrogen-bond donors (Lipinski definition) is 1. The Labute approximate surface area is 150 Å². The summed E-state index contributed by atoms with van der Waals surface area (Å²) in [6.45, 7) is 0. The van der Waals surface area contributed by atoms with Crippen LogP contribution in [0.5, 0.6) is 0 Å². The van der Waals surface area contributed by atoms with E-state index >= 15 is 0 Å². The van der Waals surface area contributed by atoms with Gasteiger partial charge in [-0.25, -0.2) is 15.0 Å². The summed E-state index contributed by atoms with van der Waals surface area (Å²) in [5.41, 5.74) is 7.24. The monoisotopic (exact) mass is 394 g/mol. The van der Waals surface area contributed by atoms with E-state index in [9.17, 15) is 0 Å². The molecule has 0 radical (unpaired) electrons. The molecule has 0 unspecified atom stereocenters. The molecule has 0 saturated heterocycles. The Hall–Kier alpha value is -3.13. The first-order valence-corrected chi connectivity index (χ1v) is 8.11. The fourth-order valence-corrected chi connectivity index (χ4v) is 2.69. The van der Waals surface area contributed by atoms with Crippen molar-refractivity contribution in [1.29, 1.82) is 0 Å². The molecule has 0 aliphatic heterocycles. The summed E-state index contributed by atoms with van der Waals surface area (Å²) in [4.78, 5) is 12.5. The predicted octanol–water partition coefficient (Wildman–Crippen LogP) is 5.04. The second kappa shape index (κ2) is 6.40. The third-order valence-electron chi connectivity index (χ3n) is 3.54. The van der Waals surface area contributed by atoms with E-state index in [1.165, 1.54) is 6.26 Å². The van der Waals surface area contributed by atoms with Crippen molar-refractivity contribution in [3.05, 3.63) is 59.7 Å². The van der Waals surface area contributed by atoms with E-state index in [1.54, 1.807) is 24.7 Å². The minimum Gasteiger partial charge on any atom is -0.444 e. The van der Waals surface area contributed by atoms with E-state index in [2.05, 4.69) is 41.1 Å². The maximum Gasteiger partial charge on any atom is 0.227 e. The molecule has 0 aliphatic carbocycles. The highest BCUT2D eigenvalue weighted by Crippen LogP contribution is 2.33. The lowest BCUT2D eigenvalue weighted by Gasteiger charge is -2.04. The summed E-state index contributed by atoms with van der Waals surface area (Å²) < 4.78 is 6.16. The van der Waals surface area contributed by atoms with Gasteiger partial charge in [-0.05, 0) is 24.3 Å². The van der Waals surface area contributed by atoms with Gasteiger partial charge in [0.15, 0.2) is 11.6 Å². The summed E-state index contributed by atoms with van der Waals surface area (Å²) in [5.74, 6) is 1.26. The number of benzene rings is 1. The number of aromatic nitrogens is 3. The third kappa shape index (κ3) is 3.11. The van der Waals surface area contributed by atoms with Crippen LogP contribution in [0, 0.1) is 0 Å². The smallest absolute Gasteiger partial charge is 0.227 e. The van der Waals surface area contributed by atoms with Crippen molar-refractivity contribution in [2.24, 2.45) is 10.2 Å². The lowest BCUT2D eigenvalue weighted by molar-refractivity contribution is 0.574. The first kappa shape index (κ1) is 15.4. The Morgan fingerprint density at radius 2 is 1.92 bits per heavy atom. The van der Waals surface area contributed by atoms with Gasteiger partial charge in [0.05, 0.1) is 11.8 Å². The van der Waals surface area contributed by atoms with Crippen molar-refractivity contribution >= 4 is 44.0 Å². The van der Waals surface area contributed by atoms with E-state index in [-0.39, 0.29) is 0 Å². The van der Waals surface area contributed by atoms with Crippen LogP contribution in [0.1, 0.15) is 0 Å². The van der Waals surface area contributed by atoms with E-state index in [1.807, 2.05) is 24.3 Å². The molecule has 4 rings (SSSR count). The van der Waals surface area contributed by atoms with Crippen LogP contribution < -0.4 is 5.73 Å². The van der Waals surface area contributed by atoms with Crippen molar-refractivity contribution in [2.45, 2.75) is 0 Å². The predicted molar refractivity (Wildman–Crippen MR) is 97.8 cm³/mol. The number of azo groups is 1. The van der Waals surface area contributed by atoms with Gasteiger partial charge in [-0.1, -0.05) is 22.0 Å². The molecule has 0 amide bonds. The second-order valence-corrected chi connectivity index (χ2v) is 6.08. The SMILES string of the molecule is Nc1ncc2ccc(Br)cc2c1N=Nc1ccc(-c2ncco2)cn1. The molecule has 0 saturated carbocycles. The van der Waals surface area contributed by atoms with Gasteiger partial charge in [-0.15, -0.1) is 10.2 Å².